The molecule has 4 rings (SSSR count). The molecule has 0 bridgehead atoms. The summed E-state index contributed by atoms with van der Waals surface area (Å²) in [6.45, 7) is 1.94. The van der Waals surface area contributed by atoms with Crippen molar-refractivity contribution < 1.29 is 9.18 Å². The number of amides is 1. The molecule has 1 unspecified atom stereocenters. The molecule has 1 aliphatic carbocycles. The minimum Gasteiger partial charge on any atom is -0.342 e. The predicted octanol–water partition coefficient (Wildman–Crippen LogP) is 3.80. The lowest BCUT2D eigenvalue weighted by molar-refractivity contribution is 0.0925. The molecular formula is C20H19FN4O. The van der Waals surface area contributed by atoms with Gasteiger partial charge in [-0.3, -0.25) is 14.9 Å². The summed E-state index contributed by atoms with van der Waals surface area (Å²) in [5.74, 6) is -0.228. The van der Waals surface area contributed by atoms with Gasteiger partial charge in [0, 0.05) is 11.3 Å². The van der Waals surface area contributed by atoms with Gasteiger partial charge in [0.2, 0.25) is 0 Å². The Morgan fingerprint density at radius 2 is 2.04 bits per heavy atom. The highest BCUT2D eigenvalue weighted by atomic mass is 19.1. The zero-order chi connectivity index (χ0) is 18.1. The number of hydrogen-bond donors (Lipinski definition) is 2. The smallest absolute Gasteiger partial charge is 0.269 e. The fourth-order valence-corrected chi connectivity index (χ4v) is 3.06. The third-order valence-corrected chi connectivity index (χ3v) is 4.58. The predicted molar refractivity (Wildman–Crippen MR) is 95.9 cm³/mol. The third kappa shape index (κ3) is 3.35. The average molecular weight is 350 g/mol. The topological polar surface area (TPSA) is 70.7 Å². The number of pyridine rings is 1. The Labute approximate surface area is 150 Å². The standard InChI is InChI=1S/C20H19FN4O/c1-12-5-4-8-16(22-12)19(13-9-10-13)23-20(26)18-11-17(24-25-18)14-6-2-3-7-15(14)21/h2-8,11,13,19H,9-10H2,1H3,(H,23,26)(H,24,25). The molecule has 1 aliphatic rings. The molecule has 26 heavy (non-hydrogen) atoms. The van der Waals surface area contributed by atoms with Crippen molar-refractivity contribution in [1.82, 2.24) is 20.5 Å². The van der Waals surface area contributed by atoms with Crippen LogP contribution in [0, 0.1) is 18.7 Å². The average Bonchev–Trinajstić information content (AvgIpc) is 3.36. The summed E-state index contributed by atoms with van der Waals surface area (Å²) in [7, 11) is 0. The van der Waals surface area contributed by atoms with Gasteiger partial charge in [-0.05, 0) is 56.0 Å². The second-order valence-corrected chi connectivity index (χ2v) is 6.64. The van der Waals surface area contributed by atoms with Gasteiger partial charge in [-0.15, -0.1) is 0 Å². The first-order chi connectivity index (χ1) is 12.6. The second kappa shape index (κ2) is 6.71. The number of rotatable bonds is 5. The van der Waals surface area contributed by atoms with Gasteiger partial charge in [-0.1, -0.05) is 18.2 Å². The Bertz CT molecular complexity index is 948. The lowest BCUT2D eigenvalue weighted by Crippen LogP contribution is -2.30. The molecule has 1 amide bonds. The SMILES string of the molecule is Cc1cccc(C(NC(=O)c2cc(-c3ccccc3F)n[nH]2)C2CC2)n1. The molecule has 3 aromatic rings. The van der Waals surface area contributed by atoms with E-state index in [0.29, 0.717) is 22.9 Å². The number of nitrogens with one attached hydrogen (secondary N) is 2. The normalized spacial score (nSPS) is 14.8. The highest BCUT2D eigenvalue weighted by Crippen LogP contribution is 2.40. The van der Waals surface area contributed by atoms with E-state index in [4.69, 9.17) is 0 Å². The Morgan fingerprint density at radius 1 is 1.23 bits per heavy atom. The van der Waals surface area contributed by atoms with Crippen molar-refractivity contribution in [3.63, 3.8) is 0 Å². The van der Waals surface area contributed by atoms with Crippen LogP contribution in [0.25, 0.3) is 11.3 Å². The summed E-state index contributed by atoms with van der Waals surface area (Å²) in [5, 5.41) is 9.84. The summed E-state index contributed by atoms with van der Waals surface area (Å²) >= 11 is 0. The number of aryl methyl sites for hydroxylation is 1. The molecule has 1 fully saturated rings. The number of carbonyl (C=O) groups is 1. The molecule has 2 heterocycles. The monoisotopic (exact) mass is 350 g/mol. The molecule has 1 aromatic carbocycles. The molecule has 0 radical (unpaired) electrons. The van der Waals surface area contributed by atoms with Gasteiger partial charge in [0.05, 0.1) is 17.4 Å². The van der Waals surface area contributed by atoms with E-state index in [-0.39, 0.29) is 17.8 Å². The van der Waals surface area contributed by atoms with E-state index in [9.17, 15) is 9.18 Å². The molecule has 1 saturated carbocycles. The van der Waals surface area contributed by atoms with Crippen molar-refractivity contribution in [3.8, 4) is 11.3 Å². The fraction of sp³-hybridized carbons (Fsp3) is 0.250. The number of benzene rings is 1. The first kappa shape index (κ1) is 16.4. The van der Waals surface area contributed by atoms with E-state index >= 15 is 0 Å². The Hall–Kier alpha value is -3.02. The van der Waals surface area contributed by atoms with E-state index in [1.807, 2.05) is 25.1 Å². The highest BCUT2D eigenvalue weighted by Gasteiger charge is 2.34. The van der Waals surface area contributed by atoms with E-state index < -0.39 is 0 Å². The number of aromatic amines is 1. The Balaban J connectivity index is 1.55. The van der Waals surface area contributed by atoms with Crippen LogP contribution < -0.4 is 5.32 Å². The van der Waals surface area contributed by atoms with Gasteiger partial charge < -0.3 is 5.32 Å². The zero-order valence-electron chi connectivity index (χ0n) is 14.4. The van der Waals surface area contributed by atoms with Crippen molar-refractivity contribution in [2.24, 2.45) is 5.92 Å². The first-order valence-corrected chi connectivity index (χ1v) is 8.66. The summed E-state index contributed by atoms with van der Waals surface area (Å²) in [5.41, 5.74) is 2.87. The van der Waals surface area contributed by atoms with Crippen molar-refractivity contribution in [1.29, 1.82) is 0 Å². The molecule has 0 saturated heterocycles. The summed E-state index contributed by atoms with van der Waals surface area (Å²) < 4.78 is 13.9. The number of aromatic nitrogens is 3. The summed E-state index contributed by atoms with van der Waals surface area (Å²) in [4.78, 5) is 17.2. The van der Waals surface area contributed by atoms with Gasteiger partial charge in [0.25, 0.3) is 5.91 Å². The van der Waals surface area contributed by atoms with Crippen molar-refractivity contribution in [3.05, 3.63) is 71.4 Å². The van der Waals surface area contributed by atoms with Crippen molar-refractivity contribution in [2.75, 3.05) is 0 Å². The maximum absolute atomic E-state index is 13.9. The summed E-state index contributed by atoms with van der Waals surface area (Å²) in [6.07, 6.45) is 2.15. The van der Waals surface area contributed by atoms with Crippen LogP contribution in [-0.4, -0.2) is 21.1 Å². The van der Waals surface area contributed by atoms with E-state index in [0.717, 1.165) is 24.2 Å². The molecule has 2 N–H and O–H groups in total. The molecule has 6 heteroatoms. The van der Waals surface area contributed by atoms with Gasteiger partial charge in [0.1, 0.15) is 11.5 Å². The molecule has 132 valence electrons. The molecule has 0 spiro atoms. The molecule has 1 atom stereocenters. The molecule has 0 aliphatic heterocycles. The summed E-state index contributed by atoms with van der Waals surface area (Å²) in [6, 6.07) is 13.6. The Kier molecular flexibility index (Phi) is 4.24. The van der Waals surface area contributed by atoms with Crippen molar-refractivity contribution >= 4 is 5.91 Å². The van der Waals surface area contributed by atoms with Crippen LogP contribution in [0.15, 0.2) is 48.5 Å². The maximum Gasteiger partial charge on any atom is 0.269 e. The van der Waals surface area contributed by atoms with Crippen LogP contribution in [0.4, 0.5) is 4.39 Å². The minimum absolute atomic E-state index is 0.123. The van der Waals surface area contributed by atoms with Gasteiger partial charge in [-0.25, -0.2) is 4.39 Å². The van der Waals surface area contributed by atoms with Crippen LogP contribution >= 0.6 is 0 Å². The molecular weight excluding hydrogens is 331 g/mol. The lowest BCUT2D eigenvalue weighted by Gasteiger charge is -2.17. The van der Waals surface area contributed by atoms with Crippen LogP contribution in [0.5, 0.6) is 0 Å². The minimum atomic E-state index is -0.370. The van der Waals surface area contributed by atoms with Crippen LogP contribution in [-0.2, 0) is 0 Å². The number of hydrogen-bond acceptors (Lipinski definition) is 3. The Morgan fingerprint density at radius 3 is 2.77 bits per heavy atom. The van der Waals surface area contributed by atoms with Crippen LogP contribution in [0.2, 0.25) is 0 Å². The van der Waals surface area contributed by atoms with E-state index in [1.165, 1.54) is 6.07 Å². The maximum atomic E-state index is 13.9. The second-order valence-electron chi connectivity index (χ2n) is 6.64. The van der Waals surface area contributed by atoms with Gasteiger partial charge in [0.15, 0.2) is 0 Å². The molecule has 2 aromatic heterocycles. The van der Waals surface area contributed by atoms with Gasteiger partial charge >= 0.3 is 0 Å². The largest absolute Gasteiger partial charge is 0.342 e. The van der Waals surface area contributed by atoms with Crippen molar-refractivity contribution in [2.45, 2.75) is 25.8 Å². The first-order valence-electron chi connectivity index (χ1n) is 8.66. The zero-order valence-corrected chi connectivity index (χ0v) is 14.4. The number of carbonyl (C=O) groups excluding carboxylic acids is 1. The van der Waals surface area contributed by atoms with E-state index in [1.54, 1.807) is 24.3 Å². The van der Waals surface area contributed by atoms with Crippen LogP contribution in [0.1, 0.15) is 40.8 Å². The lowest BCUT2D eigenvalue weighted by atomic mass is 10.1. The van der Waals surface area contributed by atoms with E-state index in [2.05, 4.69) is 20.5 Å². The third-order valence-electron chi connectivity index (χ3n) is 4.58. The fourth-order valence-electron chi connectivity index (χ4n) is 3.06. The number of nitrogens with zero attached hydrogens (tertiary/aromatic N) is 2. The highest BCUT2D eigenvalue weighted by molar-refractivity contribution is 5.93. The van der Waals surface area contributed by atoms with Crippen LogP contribution in [0.3, 0.4) is 0 Å². The quantitative estimate of drug-likeness (QED) is 0.735. The van der Waals surface area contributed by atoms with Gasteiger partial charge in [-0.2, -0.15) is 5.10 Å². The number of halogens is 1. The number of H-pyrrole nitrogens is 1. The molecule has 5 nitrogen and oxygen atoms in total.